The van der Waals surface area contributed by atoms with Gasteiger partial charge >= 0.3 is 0 Å². The van der Waals surface area contributed by atoms with Gasteiger partial charge in [-0.05, 0) is 25.5 Å². The summed E-state index contributed by atoms with van der Waals surface area (Å²) in [4.78, 5) is 4.72. The molecule has 0 bridgehead atoms. The van der Waals surface area contributed by atoms with E-state index in [4.69, 9.17) is 4.74 Å². The van der Waals surface area contributed by atoms with Crippen molar-refractivity contribution in [3.05, 3.63) is 17.0 Å². The molecule has 0 saturated carbocycles. The van der Waals surface area contributed by atoms with Gasteiger partial charge in [-0.25, -0.2) is 0 Å². The smallest absolute Gasteiger partial charge is 0.227 e. The molecule has 19 heavy (non-hydrogen) atoms. The summed E-state index contributed by atoms with van der Waals surface area (Å²) in [7, 11) is 2.03. The Kier molecular flexibility index (Phi) is 3.52. The molecule has 2 aromatic rings. The van der Waals surface area contributed by atoms with E-state index in [9.17, 15) is 0 Å². The Morgan fingerprint density at radius 1 is 1.21 bits per heavy atom. The number of anilines is 1. The molecule has 1 aliphatic heterocycles. The van der Waals surface area contributed by atoms with Gasteiger partial charge in [0, 0.05) is 31.6 Å². The predicted octanol–water partition coefficient (Wildman–Crippen LogP) is 2.08. The summed E-state index contributed by atoms with van der Waals surface area (Å²) in [5.41, 5.74) is 0. The number of rotatable bonds is 2. The molecule has 0 spiro atoms. The number of ether oxygens (including phenoxy) is 1. The van der Waals surface area contributed by atoms with Gasteiger partial charge in [-0.15, -0.1) is 21.5 Å². The van der Waals surface area contributed by atoms with Crippen molar-refractivity contribution in [2.24, 2.45) is 7.05 Å². The molecule has 1 saturated heterocycles. The summed E-state index contributed by atoms with van der Waals surface area (Å²) < 4.78 is 7.56. The zero-order valence-corrected chi connectivity index (χ0v) is 12.1. The maximum Gasteiger partial charge on any atom is 0.227 e. The molecule has 0 atom stereocenters. The molecule has 0 aliphatic carbocycles. The maximum atomic E-state index is 5.48. The van der Waals surface area contributed by atoms with E-state index in [1.165, 1.54) is 9.75 Å². The minimum Gasteiger partial charge on any atom is -0.380 e. The lowest BCUT2D eigenvalue weighted by molar-refractivity contribution is 0.152. The van der Waals surface area contributed by atoms with E-state index >= 15 is 0 Å². The van der Waals surface area contributed by atoms with E-state index in [1.807, 2.05) is 7.05 Å². The summed E-state index contributed by atoms with van der Waals surface area (Å²) >= 11 is 1.75. The fourth-order valence-electron chi connectivity index (χ4n) is 2.31. The molecule has 0 radical (unpaired) electrons. The Hall–Kier alpha value is -1.40. The predicted molar refractivity (Wildman–Crippen MR) is 76.7 cm³/mol. The van der Waals surface area contributed by atoms with E-state index in [2.05, 4.69) is 38.7 Å². The van der Waals surface area contributed by atoms with Gasteiger partial charge in [0.25, 0.3) is 0 Å². The van der Waals surface area contributed by atoms with Crippen molar-refractivity contribution >= 4 is 17.3 Å². The first-order valence-corrected chi connectivity index (χ1v) is 7.36. The minimum absolute atomic E-state index is 0.764. The van der Waals surface area contributed by atoms with Crippen molar-refractivity contribution in [3.8, 4) is 10.7 Å². The van der Waals surface area contributed by atoms with Crippen molar-refractivity contribution in [1.82, 2.24) is 14.8 Å². The average molecular weight is 278 g/mol. The molecule has 0 amide bonds. The SMILES string of the molecule is Cc1ccc(-c2nnc(N3CCCOCC3)n2C)s1. The van der Waals surface area contributed by atoms with Crippen LogP contribution in [0.25, 0.3) is 10.7 Å². The molecule has 5 nitrogen and oxygen atoms in total. The molecule has 0 unspecified atom stereocenters. The van der Waals surface area contributed by atoms with Gasteiger partial charge in [-0.1, -0.05) is 0 Å². The van der Waals surface area contributed by atoms with Crippen LogP contribution in [0.5, 0.6) is 0 Å². The monoisotopic (exact) mass is 278 g/mol. The van der Waals surface area contributed by atoms with E-state index < -0.39 is 0 Å². The Morgan fingerprint density at radius 3 is 2.89 bits per heavy atom. The standard InChI is InChI=1S/C13H18N4OS/c1-10-4-5-11(19-10)12-14-15-13(16(12)2)17-6-3-8-18-9-7-17/h4-5H,3,6-9H2,1-2H3. The first-order valence-electron chi connectivity index (χ1n) is 6.54. The summed E-state index contributed by atoms with van der Waals surface area (Å²) in [6.45, 7) is 5.58. The number of thiophene rings is 1. The van der Waals surface area contributed by atoms with Crippen LogP contribution in [0.1, 0.15) is 11.3 Å². The van der Waals surface area contributed by atoms with Crippen molar-refractivity contribution in [2.75, 3.05) is 31.2 Å². The topological polar surface area (TPSA) is 43.2 Å². The number of aryl methyl sites for hydroxylation is 1. The third-order valence-electron chi connectivity index (χ3n) is 3.32. The van der Waals surface area contributed by atoms with Crippen molar-refractivity contribution in [2.45, 2.75) is 13.3 Å². The fraction of sp³-hybridized carbons (Fsp3) is 0.538. The molecule has 3 rings (SSSR count). The number of hydrogen-bond acceptors (Lipinski definition) is 5. The average Bonchev–Trinajstić information content (AvgIpc) is 2.87. The van der Waals surface area contributed by atoms with Gasteiger partial charge in [0.1, 0.15) is 0 Å². The molecule has 1 fully saturated rings. The summed E-state index contributed by atoms with van der Waals surface area (Å²) in [5.74, 6) is 1.88. The second-order valence-electron chi connectivity index (χ2n) is 4.75. The van der Waals surface area contributed by atoms with Crippen LogP contribution in [-0.4, -0.2) is 41.1 Å². The highest BCUT2D eigenvalue weighted by molar-refractivity contribution is 7.15. The Balaban J connectivity index is 1.89. The quantitative estimate of drug-likeness (QED) is 0.843. The largest absolute Gasteiger partial charge is 0.380 e. The molecule has 0 N–H and O–H groups in total. The van der Waals surface area contributed by atoms with Crippen LogP contribution >= 0.6 is 11.3 Å². The fourth-order valence-corrected chi connectivity index (χ4v) is 3.20. The molecule has 6 heteroatoms. The lowest BCUT2D eigenvalue weighted by Gasteiger charge is -2.19. The molecular formula is C13H18N4OS. The minimum atomic E-state index is 0.764. The zero-order chi connectivity index (χ0) is 13.2. The first kappa shape index (κ1) is 12.6. The van der Waals surface area contributed by atoms with Crippen LogP contribution in [0.4, 0.5) is 5.95 Å². The summed E-state index contributed by atoms with van der Waals surface area (Å²) in [6.07, 6.45) is 1.04. The van der Waals surface area contributed by atoms with Crippen molar-refractivity contribution in [1.29, 1.82) is 0 Å². The second kappa shape index (κ2) is 5.30. The van der Waals surface area contributed by atoms with Gasteiger partial charge < -0.3 is 9.64 Å². The highest BCUT2D eigenvalue weighted by atomic mass is 32.1. The number of aromatic nitrogens is 3. The van der Waals surface area contributed by atoms with Crippen LogP contribution in [0, 0.1) is 6.92 Å². The number of hydrogen-bond donors (Lipinski definition) is 0. The molecular weight excluding hydrogens is 260 g/mol. The molecule has 2 aromatic heterocycles. The van der Waals surface area contributed by atoms with Crippen molar-refractivity contribution in [3.63, 3.8) is 0 Å². The Bertz CT molecular complexity index is 555. The molecule has 0 aromatic carbocycles. The second-order valence-corrected chi connectivity index (χ2v) is 6.03. The van der Waals surface area contributed by atoms with E-state index in [0.717, 1.165) is 44.5 Å². The molecule has 102 valence electrons. The maximum absolute atomic E-state index is 5.48. The van der Waals surface area contributed by atoms with Crippen LogP contribution in [0.3, 0.4) is 0 Å². The molecule has 1 aliphatic rings. The lowest BCUT2D eigenvalue weighted by Crippen LogP contribution is -2.28. The van der Waals surface area contributed by atoms with Crippen molar-refractivity contribution < 1.29 is 4.74 Å². The third-order valence-corrected chi connectivity index (χ3v) is 4.31. The number of nitrogens with zero attached hydrogens (tertiary/aromatic N) is 4. The van der Waals surface area contributed by atoms with Gasteiger partial charge in [0.05, 0.1) is 11.5 Å². The highest BCUT2D eigenvalue weighted by Crippen LogP contribution is 2.28. The van der Waals surface area contributed by atoms with Gasteiger partial charge in [0.15, 0.2) is 5.82 Å². The van der Waals surface area contributed by atoms with Crippen LogP contribution < -0.4 is 4.90 Å². The summed E-state index contributed by atoms with van der Waals surface area (Å²) in [6, 6.07) is 4.23. The third kappa shape index (κ3) is 2.50. The normalized spacial score (nSPS) is 16.6. The van der Waals surface area contributed by atoms with E-state index in [-0.39, 0.29) is 0 Å². The Labute approximate surface area is 116 Å². The lowest BCUT2D eigenvalue weighted by atomic mass is 10.4. The first-order chi connectivity index (χ1) is 9.25. The van der Waals surface area contributed by atoms with Crippen LogP contribution in [0.15, 0.2) is 12.1 Å². The van der Waals surface area contributed by atoms with Crippen LogP contribution in [0.2, 0.25) is 0 Å². The Morgan fingerprint density at radius 2 is 2.11 bits per heavy atom. The summed E-state index contributed by atoms with van der Waals surface area (Å²) in [5, 5.41) is 8.70. The van der Waals surface area contributed by atoms with E-state index in [1.54, 1.807) is 11.3 Å². The van der Waals surface area contributed by atoms with Gasteiger partial charge in [-0.3, -0.25) is 4.57 Å². The van der Waals surface area contributed by atoms with E-state index in [0.29, 0.717) is 0 Å². The van der Waals surface area contributed by atoms with Gasteiger partial charge in [-0.2, -0.15) is 0 Å². The molecule has 3 heterocycles. The highest BCUT2D eigenvalue weighted by Gasteiger charge is 2.18. The van der Waals surface area contributed by atoms with Crippen LogP contribution in [-0.2, 0) is 11.8 Å². The zero-order valence-electron chi connectivity index (χ0n) is 11.3. The van der Waals surface area contributed by atoms with Gasteiger partial charge in [0.2, 0.25) is 5.95 Å².